The second kappa shape index (κ2) is 51.2. The van der Waals surface area contributed by atoms with Gasteiger partial charge in [-0.2, -0.15) is 0 Å². The van der Waals surface area contributed by atoms with Crippen molar-refractivity contribution in [3.05, 3.63) is 85.1 Å². The van der Waals surface area contributed by atoms with Crippen LogP contribution in [0, 0.1) is 0 Å². The van der Waals surface area contributed by atoms with E-state index >= 15 is 0 Å². The summed E-state index contributed by atoms with van der Waals surface area (Å²) < 4.78 is 16.8. The van der Waals surface area contributed by atoms with E-state index in [0.29, 0.717) is 19.3 Å². The molecule has 0 amide bonds. The Hall–Kier alpha value is -3.41. The van der Waals surface area contributed by atoms with Gasteiger partial charge in [-0.15, -0.1) is 0 Å². The number of carbonyl (C=O) groups is 3. The zero-order valence-corrected chi connectivity index (χ0v) is 41.1. The molecule has 0 aromatic carbocycles. The molecule has 0 rings (SSSR count). The molecule has 6 nitrogen and oxygen atoms in total. The van der Waals surface area contributed by atoms with Gasteiger partial charge in [-0.1, -0.05) is 209 Å². The summed E-state index contributed by atoms with van der Waals surface area (Å²) in [6.07, 6.45) is 65.7. The van der Waals surface area contributed by atoms with Gasteiger partial charge in [0.1, 0.15) is 13.2 Å². The van der Waals surface area contributed by atoms with Crippen molar-refractivity contribution in [2.45, 2.75) is 245 Å². The van der Waals surface area contributed by atoms with Crippen LogP contribution in [0.3, 0.4) is 0 Å². The number of unbranched alkanes of at least 4 members (excludes halogenated alkanes) is 23. The molecule has 1 atom stereocenters. The lowest BCUT2D eigenvalue weighted by Crippen LogP contribution is -2.30. The van der Waals surface area contributed by atoms with Crippen LogP contribution in [0.2, 0.25) is 0 Å². The number of hydrogen-bond donors (Lipinski definition) is 0. The molecule has 360 valence electrons. The molecular weight excluding hydrogens is 781 g/mol. The highest BCUT2D eigenvalue weighted by molar-refractivity contribution is 5.71. The van der Waals surface area contributed by atoms with Crippen LogP contribution in [0.5, 0.6) is 0 Å². The predicted octanol–water partition coefficient (Wildman–Crippen LogP) is 17.2. The Bertz CT molecular complexity index is 1240. The topological polar surface area (TPSA) is 78.9 Å². The third-order valence-corrected chi connectivity index (χ3v) is 10.9. The van der Waals surface area contributed by atoms with Crippen molar-refractivity contribution < 1.29 is 28.6 Å². The Kier molecular flexibility index (Phi) is 48.5. The quantitative estimate of drug-likeness (QED) is 0.0199. The van der Waals surface area contributed by atoms with Gasteiger partial charge in [0, 0.05) is 19.3 Å². The Morgan fingerprint density at radius 3 is 1.13 bits per heavy atom. The molecule has 0 fully saturated rings. The molecule has 0 bridgehead atoms. The Morgan fingerprint density at radius 2 is 0.683 bits per heavy atom. The third kappa shape index (κ3) is 49.5. The highest BCUT2D eigenvalue weighted by atomic mass is 16.6. The summed E-state index contributed by atoms with van der Waals surface area (Å²) in [5.74, 6) is -0.940. The van der Waals surface area contributed by atoms with E-state index in [1.165, 1.54) is 96.3 Å². The van der Waals surface area contributed by atoms with Gasteiger partial charge < -0.3 is 14.2 Å². The number of rotatable bonds is 46. The van der Waals surface area contributed by atoms with Gasteiger partial charge in [0.05, 0.1) is 0 Å². The molecule has 0 aromatic heterocycles. The summed E-state index contributed by atoms with van der Waals surface area (Å²) in [5, 5.41) is 0. The fourth-order valence-electron chi connectivity index (χ4n) is 6.95. The largest absolute Gasteiger partial charge is 0.462 e. The lowest BCUT2D eigenvalue weighted by atomic mass is 10.1. The van der Waals surface area contributed by atoms with E-state index in [2.05, 4.69) is 106 Å². The van der Waals surface area contributed by atoms with E-state index in [1.807, 2.05) is 0 Å². The van der Waals surface area contributed by atoms with E-state index in [9.17, 15) is 14.4 Å². The van der Waals surface area contributed by atoms with E-state index in [4.69, 9.17) is 14.2 Å². The predicted molar refractivity (Wildman–Crippen MR) is 270 cm³/mol. The summed E-state index contributed by atoms with van der Waals surface area (Å²) in [6, 6.07) is 0. The molecular formula is C57H96O6. The minimum Gasteiger partial charge on any atom is -0.462 e. The van der Waals surface area contributed by atoms with Gasteiger partial charge >= 0.3 is 17.9 Å². The second-order valence-electron chi connectivity index (χ2n) is 17.1. The summed E-state index contributed by atoms with van der Waals surface area (Å²) >= 11 is 0. The lowest BCUT2D eigenvalue weighted by Gasteiger charge is -2.18. The van der Waals surface area contributed by atoms with Gasteiger partial charge in [-0.3, -0.25) is 14.4 Å². The van der Waals surface area contributed by atoms with Crippen LogP contribution in [0.15, 0.2) is 85.1 Å². The standard InChI is InChI=1S/C57H96O6/c1-4-7-10-13-16-19-22-24-26-27-28-29-31-32-35-38-41-44-47-50-56(59)62-53-54(52-61-55(58)49-46-43-40-37-34-21-18-15-12-9-6-3)63-57(60)51-48-45-42-39-36-33-30-25-23-20-17-14-11-8-5-2/h7,10,15-21,23-26,34,54H,4-6,8-9,11-14,22,27-33,35-53H2,1-3H3/b10-7-,18-15-,19-16-,20-17-,25-23-,26-24-,34-21-. The van der Waals surface area contributed by atoms with Crippen molar-refractivity contribution >= 4 is 17.9 Å². The summed E-state index contributed by atoms with van der Waals surface area (Å²) in [4.78, 5) is 38.0. The molecule has 0 spiro atoms. The van der Waals surface area contributed by atoms with Crippen LogP contribution in [-0.2, 0) is 28.6 Å². The van der Waals surface area contributed by atoms with E-state index in [1.54, 1.807) is 0 Å². The van der Waals surface area contributed by atoms with Crippen LogP contribution < -0.4 is 0 Å². The van der Waals surface area contributed by atoms with Gasteiger partial charge in [-0.05, 0) is 96.3 Å². The maximum Gasteiger partial charge on any atom is 0.306 e. The molecule has 0 saturated heterocycles. The van der Waals surface area contributed by atoms with E-state index in [0.717, 1.165) is 103 Å². The van der Waals surface area contributed by atoms with Crippen LogP contribution >= 0.6 is 0 Å². The maximum atomic E-state index is 12.8. The lowest BCUT2D eigenvalue weighted by molar-refractivity contribution is -0.167. The monoisotopic (exact) mass is 877 g/mol. The molecule has 0 aliphatic rings. The van der Waals surface area contributed by atoms with Gasteiger partial charge in [0.15, 0.2) is 6.10 Å². The number of allylic oxidation sites excluding steroid dienone is 14. The van der Waals surface area contributed by atoms with Crippen molar-refractivity contribution in [1.82, 2.24) is 0 Å². The minimum absolute atomic E-state index is 0.0933. The van der Waals surface area contributed by atoms with Gasteiger partial charge in [0.2, 0.25) is 0 Å². The number of carbonyl (C=O) groups excluding carboxylic acids is 3. The molecule has 1 unspecified atom stereocenters. The molecule has 0 aliphatic heterocycles. The molecule has 0 saturated carbocycles. The van der Waals surface area contributed by atoms with Crippen molar-refractivity contribution in [1.29, 1.82) is 0 Å². The molecule has 63 heavy (non-hydrogen) atoms. The van der Waals surface area contributed by atoms with Crippen LogP contribution in [-0.4, -0.2) is 37.2 Å². The van der Waals surface area contributed by atoms with Crippen LogP contribution in [0.4, 0.5) is 0 Å². The number of hydrogen-bond acceptors (Lipinski definition) is 6. The van der Waals surface area contributed by atoms with Crippen molar-refractivity contribution in [3.63, 3.8) is 0 Å². The van der Waals surface area contributed by atoms with Crippen LogP contribution in [0.1, 0.15) is 239 Å². The smallest absolute Gasteiger partial charge is 0.306 e. The second-order valence-corrected chi connectivity index (χ2v) is 17.1. The molecule has 0 N–H and O–H groups in total. The van der Waals surface area contributed by atoms with Crippen molar-refractivity contribution in [2.24, 2.45) is 0 Å². The average molecular weight is 877 g/mol. The normalized spacial score (nSPS) is 12.7. The van der Waals surface area contributed by atoms with E-state index in [-0.39, 0.29) is 31.1 Å². The summed E-state index contributed by atoms with van der Waals surface area (Å²) in [5.41, 5.74) is 0. The number of ether oxygens (including phenoxy) is 3. The van der Waals surface area contributed by atoms with E-state index < -0.39 is 6.10 Å². The average Bonchev–Trinajstić information content (AvgIpc) is 3.28. The van der Waals surface area contributed by atoms with Gasteiger partial charge in [0.25, 0.3) is 0 Å². The summed E-state index contributed by atoms with van der Waals surface area (Å²) in [7, 11) is 0. The summed E-state index contributed by atoms with van der Waals surface area (Å²) in [6.45, 7) is 6.40. The maximum absolute atomic E-state index is 12.8. The zero-order chi connectivity index (χ0) is 45.8. The molecule has 0 aliphatic carbocycles. The molecule has 0 radical (unpaired) electrons. The fourth-order valence-corrected chi connectivity index (χ4v) is 6.95. The van der Waals surface area contributed by atoms with Crippen LogP contribution in [0.25, 0.3) is 0 Å². The zero-order valence-electron chi connectivity index (χ0n) is 41.1. The third-order valence-electron chi connectivity index (χ3n) is 10.9. The molecule has 6 heteroatoms. The molecule has 0 aromatic rings. The number of esters is 3. The van der Waals surface area contributed by atoms with Crippen molar-refractivity contribution in [3.8, 4) is 0 Å². The van der Waals surface area contributed by atoms with Crippen molar-refractivity contribution in [2.75, 3.05) is 13.2 Å². The first-order valence-corrected chi connectivity index (χ1v) is 26.1. The Labute approximate surface area is 388 Å². The highest BCUT2D eigenvalue weighted by Gasteiger charge is 2.19. The first-order chi connectivity index (χ1) is 31.0. The fraction of sp³-hybridized carbons (Fsp3) is 0.702. The molecule has 0 heterocycles. The van der Waals surface area contributed by atoms with Gasteiger partial charge in [-0.25, -0.2) is 0 Å². The first kappa shape index (κ1) is 59.6. The SMILES string of the molecule is CC/C=C\C/C=C\C/C=C\CCCCCCCCCCCC(=O)OCC(COC(=O)CCCCC/C=C\C=C/CCCC)OC(=O)CCCCCCCC/C=C\C=C/CCCCC. The minimum atomic E-state index is -0.795. The highest BCUT2D eigenvalue weighted by Crippen LogP contribution is 2.14. The first-order valence-electron chi connectivity index (χ1n) is 26.1. The Balaban J connectivity index is 4.39. The Morgan fingerprint density at radius 1 is 0.349 bits per heavy atom.